The van der Waals surface area contributed by atoms with Gasteiger partial charge in [0.25, 0.3) is 0 Å². The van der Waals surface area contributed by atoms with Gasteiger partial charge in [-0.1, -0.05) is 6.07 Å². The minimum absolute atomic E-state index is 0.0668. The number of pyridine rings is 1. The van der Waals surface area contributed by atoms with Crippen molar-refractivity contribution in [2.45, 2.75) is 30.6 Å². The number of benzene rings is 1. The maximum atomic E-state index is 13.6. The quantitative estimate of drug-likeness (QED) is 0.503. The molecule has 0 saturated carbocycles. The van der Waals surface area contributed by atoms with Crippen molar-refractivity contribution in [1.82, 2.24) is 14.8 Å². The van der Waals surface area contributed by atoms with Gasteiger partial charge < -0.3 is 19.5 Å². The molecular weight excluding hydrogens is 517 g/mol. The number of nitrogens with zero attached hydrogens (tertiary/aromatic N) is 4. The Morgan fingerprint density at radius 2 is 2.08 bits per heavy atom. The Labute approximate surface area is 210 Å². The molecule has 1 aliphatic rings. The summed E-state index contributed by atoms with van der Waals surface area (Å²) < 4.78 is 74.9. The van der Waals surface area contributed by atoms with Crippen molar-refractivity contribution >= 4 is 21.6 Å². The second kappa shape index (κ2) is 9.99. The maximum absolute atomic E-state index is 13.6. The highest BCUT2D eigenvalue weighted by atomic mass is 32.2. The summed E-state index contributed by atoms with van der Waals surface area (Å²) in [7, 11) is -0.992. The summed E-state index contributed by atoms with van der Waals surface area (Å²) in [5.41, 5.74) is -0.782. The van der Waals surface area contributed by atoms with E-state index >= 15 is 0 Å². The third-order valence-corrected chi connectivity index (χ3v) is 7.01. The first-order valence-corrected chi connectivity index (χ1v) is 12.3. The van der Waals surface area contributed by atoms with Crippen LogP contribution in [0.3, 0.4) is 0 Å². The van der Waals surface area contributed by atoms with Gasteiger partial charge in [-0.2, -0.15) is 18.3 Å². The SMILES string of the molecule is COc1cc(-c2ccc(C(F)(F)F)c(C)c2NC(=O)N=[S@](N)(=O)c2cnn3c2OC[C@@H](OC)C3)ccn1. The number of alkyl halides is 3. The largest absolute Gasteiger partial charge is 0.481 e. The lowest BCUT2D eigenvalue weighted by atomic mass is 9.97. The Balaban J connectivity index is 1.74. The summed E-state index contributed by atoms with van der Waals surface area (Å²) in [6.07, 6.45) is -2.41. The monoisotopic (exact) mass is 540 g/mol. The van der Waals surface area contributed by atoms with E-state index in [1.165, 1.54) is 50.2 Å². The van der Waals surface area contributed by atoms with E-state index in [-0.39, 0.29) is 46.2 Å². The Kier molecular flexibility index (Phi) is 7.12. The normalized spacial score (nSPS) is 16.8. The fraction of sp³-hybridized carbons (Fsp3) is 0.318. The van der Waals surface area contributed by atoms with Gasteiger partial charge >= 0.3 is 12.2 Å². The molecule has 0 saturated heterocycles. The number of anilines is 1. The van der Waals surface area contributed by atoms with Crippen molar-refractivity contribution < 1.29 is 36.4 Å². The van der Waals surface area contributed by atoms with E-state index in [1.54, 1.807) is 0 Å². The highest BCUT2D eigenvalue weighted by molar-refractivity contribution is 7.91. The fourth-order valence-electron chi connectivity index (χ4n) is 3.80. The van der Waals surface area contributed by atoms with Gasteiger partial charge in [-0.05, 0) is 30.2 Å². The molecule has 2 atom stereocenters. The van der Waals surface area contributed by atoms with Gasteiger partial charge in [-0.15, -0.1) is 4.36 Å². The molecule has 0 radical (unpaired) electrons. The molecule has 0 fully saturated rings. The van der Waals surface area contributed by atoms with E-state index in [2.05, 4.69) is 19.8 Å². The van der Waals surface area contributed by atoms with Crippen molar-refractivity contribution in [3.8, 4) is 22.9 Å². The van der Waals surface area contributed by atoms with E-state index in [0.717, 1.165) is 12.3 Å². The third kappa shape index (κ3) is 5.38. The summed E-state index contributed by atoms with van der Waals surface area (Å²) in [5, 5.41) is 12.3. The highest BCUT2D eigenvalue weighted by Crippen LogP contribution is 2.40. The van der Waals surface area contributed by atoms with Crippen LogP contribution in [0.2, 0.25) is 0 Å². The van der Waals surface area contributed by atoms with E-state index < -0.39 is 27.7 Å². The summed E-state index contributed by atoms with van der Waals surface area (Å²) >= 11 is 0. The topological polar surface area (TPSA) is 143 Å². The van der Waals surface area contributed by atoms with Gasteiger partial charge in [0, 0.05) is 24.9 Å². The molecule has 11 nitrogen and oxygen atoms in total. The predicted molar refractivity (Wildman–Crippen MR) is 127 cm³/mol. The molecule has 15 heteroatoms. The number of nitrogens with two attached hydrogens (primary N) is 1. The molecule has 3 N–H and O–H groups in total. The number of carbonyl (C=O) groups is 1. The molecule has 3 aromatic rings. The number of amides is 2. The van der Waals surface area contributed by atoms with Gasteiger partial charge in [0.2, 0.25) is 11.8 Å². The molecule has 4 rings (SSSR count). The molecule has 3 heterocycles. The first-order chi connectivity index (χ1) is 17.4. The minimum atomic E-state index is -4.69. The van der Waals surface area contributed by atoms with E-state index in [1.807, 2.05) is 0 Å². The number of fused-ring (bicyclic) bond motifs is 1. The lowest BCUT2D eigenvalue weighted by Crippen LogP contribution is -2.32. The summed E-state index contributed by atoms with van der Waals surface area (Å²) in [6, 6.07) is 3.91. The number of rotatable bonds is 5. The van der Waals surface area contributed by atoms with Crippen LogP contribution in [0.4, 0.5) is 23.7 Å². The van der Waals surface area contributed by atoms with Gasteiger partial charge in [-0.3, -0.25) is 0 Å². The number of halogens is 3. The van der Waals surface area contributed by atoms with Crippen LogP contribution in [-0.2, 0) is 27.4 Å². The number of aromatic nitrogens is 3. The zero-order valence-electron chi connectivity index (χ0n) is 19.9. The van der Waals surface area contributed by atoms with Gasteiger partial charge in [0.1, 0.15) is 17.6 Å². The third-order valence-electron chi connectivity index (χ3n) is 5.67. The number of carbonyl (C=O) groups excluding carboxylic acids is 1. The van der Waals surface area contributed by atoms with Crippen LogP contribution in [0.5, 0.6) is 11.8 Å². The van der Waals surface area contributed by atoms with Crippen LogP contribution < -0.4 is 19.9 Å². The van der Waals surface area contributed by atoms with Crippen LogP contribution in [0.1, 0.15) is 11.1 Å². The molecule has 0 aliphatic carbocycles. The summed E-state index contributed by atoms with van der Waals surface area (Å²) in [4.78, 5) is 16.7. The van der Waals surface area contributed by atoms with Gasteiger partial charge in [0.05, 0.1) is 31.1 Å². The zero-order valence-corrected chi connectivity index (χ0v) is 20.7. The lowest BCUT2D eigenvalue weighted by Gasteiger charge is -2.23. The second-order valence-electron chi connectivity index (χ2n) is 8.00. The molecule has 1 aromatic carbocycles. The number of nitrogens with one attached hydrogen (secondary N) is 1. The van der Waals surface area contributed by atoms with Gasteiger partial charge in [-0.25, -0.2) is 23.8 Å². The van der Waals surface area contributed by atoms with Crippen molar-refractivity contribution in [1.29, 1.82) is 0 Å². The number of methoxy groups -OCH3 is 2. The van der Waals surface area contributed by atoms with E-state index in [9.17, 15) is 22.2 Å². The van der Waals surface area contributed by atoms with Crippen LogP contribution in [0, 0.1) is 6.92 Å². The number of ether oxygens (including phenoxy) is 3. The second-order valence-corrected chi connectivity index (χ2v) is 9.76. The molecule has 1 aliphatic heterocycles. The van der Waals surface area contributed by atoms with Crippen LogP contribution in [0.15, 0.2) is 45.9 Å². The van der Waals surface area contributed by atoms with Crippen molar-refractivity contribution in [3.63, 3.8) is 0 Å². The first kappa shape index (κ1) is 26.4. The first-order valence-electron chi connectivity index (χ1n) is 10.7. The van der Waals surface area contributed by atoms with Crippen molar-refractivity contribution in [3.05, 3.63) is 47.8 Å². The lowest BCUT2D eigenvalue weighted by molar-refractivity contribution is -0.138. The Morgan fingerprint density at radius 3 is 2.76 bits per heavy atom. The highest BCUT2D eigenvalue weighted by Gasteiger charge is 2.34. The number of urea groups is 1. The predicted octanol–water partition coefficient (Wildman–Crippen LogP) is 3.62. The molecule has 37 heavy (non-hydrogen) atoms. The Hall–Kier alpha value is -3.69. The molecule has 198 valence electrons. The minimum Gasteiger partial charge on any atom is -0.481 e. The van der Waals surface area contributed by atoms with Crippen LogP contribution >= 0.6 is 0 Å². The standard InChI is InChI=1S/C22H23F3N6O5S/c1-12-16(22(23,24)25)5-4-15(13-6-7-27-18(8-13)35-3)19(12)29-21(32)30-37(26,33)17-9-28-31-10-14(34-2)11-36-20(17)31/h4-9,14H,10-11H2,1-3H3,(H3,26,29,30,32,33)/t14-,37-/m0/s1. The smallest absolute Gasteiger partial charge is 0.416 e. The number of hydrogen-bond donors (Lipinski definition) is 2. The molecule has 0 bridgehead atoms. The molecular formula is C22H23F3N6O5S. The summed E-state index contributed by atoms with van der Waals surface area (Å²) in [6.45, 7) is 1.64. The van der Waals surface area contributed by atoms with Gasteiger partial charge in [0.15, 0.2) is 9.92 Å². The zero-order chi connectivity index (χ0) is 27.0. The number of hydrogen-bond acceptors (Lipinski definition) is 7. The molecule has 2 amide bonds. The van der Waals surface area contributed by atoms with Crippen molar-refractivity contribution in [2.75, 3.05) is 26.1 Å². The maximum Gasteiger partial charge on any atom is 0.416 e. The Morgan fingerprint density at radius 1 is 1.32 bits per heavy atom. The average Bonchev–Trinajstić information content (AvgIpc) is 3.28. The van der Waals surface area contributed by atoms with E-state index in [4.69, 9.17) is 19.3 Å². The molecule has 0 spiro atoms. The average molecular weight is 541 g/mol. The summed E-state index contributed by atoms with van der Waals surface area (Å²) in [5.74, 6) is 0.279. The van der Waals surface area contributed by atoms with Crippen LogP contribution in [0.25, 0.3) is 11.1 Å². The van der Waals surface area contributed by atoms with Crippen molar-refractivity contribution in [2.24, 2.45) is 9.50 Å². The van der Waals surface area contributed by atoms with Crippen LogP contribution in [-0.4, -0.2) is 51.9 Å². The van der Waals surface area contributed by atoms with E-state index in [0.29, 0.717) is 12.1 Å². The Bertz CT molecular complexity index is 1470. The molecule has 0 unspecified atom stereocenters. The molecule has 2 aromatic heterocycles. The fourth-order valence-corrected chi connectivity index (χ4v) is 4.81.